The Balaban J connectivity index is 1.15. The van der Waals surface area contributed by atoms with Gasteiger partial charge in [-0.25, -0.2) is 4.98 Å². The van der Waals surface area contributed by atoms with Crippen LogP contribution >= 0.6 is 0 Å². The molecule has 2 aliphatic carbocycles. The molecule has 0 amide bonds. The van der Waals surface area contributed by atoms with Gasteiger partial charge in [-0.2, -0.15) is 13.5 Å². The SMILES string of the molecule is Cc1ccc(S(=O)(=O)OC[C@H]2C[C@H](n3cc(-c4ccc5c(ccn5C)n4)c(C4CC4)n3)C2)cc1. The van der Waals surface area contributed by atoms with Crippen LogP contribution < -0.4 is 0 Å². The number of pyridine rings is 1. The molecule has 3 heterocycles. The van der Waals surface area contributed by atoms with Crippen molar-refractivity contribution in [2.24, 2.45) is 13.0 Å². The number of hydrogen-bond donors (Lipinski definition) is 0. The fraction of sp³-hybridized carbons (Fsp3) is 0.385. The lowest BCUT2D eigenvalue weighted by Crippen LogP contribution is -2.31. The van der Waals surface area contributed by atoms with Crippen LogP contribution in [0.4, 0.5) is 0 Å². The molecule has 34 heavy (non-hydrogen) atoms. The zero-order valence-corrected chi connectivity index (χ0v) is 20.2. The van der Waals surface area contributed by atoms with E-state index in [1.807, 2.05) is 26.2 Å². The zero-order chi connectivity index (χ0) is 23.4. The molecule has 7 nitrogen and oxygen atoms in total. The minimum atomic E-state index is -3.72. The first-order valence-electron chi connectivity index (χ1n) is 11.8. The van der Waals surface area contributed by atoms with Crippen molar-refractivity contribution in [3.05, 3.63) is 66.1 Å². The second-order valence-electron chi connectivity index (χ2n) is 9.75. The van der Waals surface area contributed by atoms with Crippen LogP contribution in [-0.4, -0.2) is 34.4 Å². The molecule has 6 rings (SSSR count). The van der Waals surface area contributed by atoms with E-state index in [1.165, 1.54) is 12.8 Å². The first kappa shape index (κ1) is 21.6. The van der Waals surface area contributed by atoms with Crippen molar-refractivity contribution in [3.8, 4) is 11.3 Å². The molecule has 0 atom stereocenters. The Hall–Kier alpha value is -2.97. The first-order chi connectivity index (χ1) is 16.4. The van der Waals surface area contributed by atoms with Gasteiger partial charge in [0.1, 0.15) is 0 Å². The van der Waals surface area contributed by atoms with Gasteiger partial charge in [0, 0.05) is 30.9 Å². The van der Waals surface area contributed by atoms with Gasteiger partial charge in [-0.3, -0.25) is 8.86 Å². The maximum Gasteiger partial charge on any atom is 0.296 e. The molecule has 0 aliphatic heterocycles. The van der Waals surface area contributed by atoms with E-state index in [4.69, 9.17) is 14.3 Å². The molecule has 0 saturated heterocycles. The Kier molecular flexibility index (Phi) is 5.11. The molecule has 8 heteroatoms. The quantitative estimate of drug-likeness (QED) is 0.352. The van der Waals surface area contributed by atoms with Crippen LogP contribution in [-0.2, 0) is 21.3 Å². The van der Waals surface area contributed by atoms with Crippen LogP contribution in [0.2, 0.25) is 0 Å². The van der Waals surface area contributed by atoms with Crippen LogP contribution in [0.1, 0.15) is 48.9 Å². The van der Waals surface area contributed by atoms with Crippen molar-refractivity contribution in [2.75, 3.05) is 6.61 Å². The van der Waals surface area contributed by atoms with Crippen LogP contribution in [0.3, 0.4) is 0 Å². The highest BCUT2D eigenvalue weighted by Crippen LogP contribution is 2.45. The predicted octanol–water partition coefficient (Wildman–Crippen LogP) is 4.98. The summed E-state index contributed by atoms with van der Waals surface area (Å²) >= 11 is 0. The maximum atomic E-state index is 12.5. The van der Waals surface area contributed by atoms with Crippen molar-refractivity contribution in [3.63, 3.8) is 0 Å². The number of aryl methyl sites for hydroxylation is 2. The van der Waals surface area contributed by atoms with E-state index in [9.17, 15) is 8.42 Å². The van der Waals surface area contributed by atoms with E-state index in [1.54, 1.807) is 24.3 Å². The molecule has 2 saturated carbocycles. The van der Waals surface area contributed by atoms with Crippen molar-refractivity contribution in [2.45, 2.75) is 49.5 Å². The summed E-state index contributed by atoms with van der Waals surface area (Å²) in [5, 5.41) is 4.97. The Morgan fingerprint density at radius 3 is 2.56 bits per heavy atom. The van der Waals surface area contributed by atoms with Crippen molar-refractivity contribution in [1.82, 2.24) is 19.3 Å². The van der Waals surface area contributed by atoms with Crippen LogP contribution in [0, 0.1) is 12.8 Å². The summed E-state index contributed by atoms with van der Waals surface area (Å²) in [5.41, 5.74) is 6.36. The smallest absolute Gasteiger partial charge is 0.296 e. The second-order valence-corrected chi connectivity index (χ2v) is 11.4. The van der Waals surface area contributed by atoms with Gasteiger partial charge in [0.05, 0.1) is 40.0 Å². The minimum absolute atomic E-state index is 0.209. The lowest BCUT2D eigenvalue weighted by atomic mass is 9.81. The molecule has 176 valence electrons. The van der Waals surface area contributed by atoms with Gasteiger partial charge in [-0.05, 0) is 68.9 Å². The zero-order valence-electron chi connectivity index (χ0n) is 19.4. The van der Waals surface area contributed by atoms with Crippen molar-refractivity contribution >= 4 is 21.2 Å². The highest BCUT2D eigenvalue weighted by atomic mass is 32.2. The molecule has 1 aromatic carbocycles. The Labute approximate surface area is 199 Å². The van der Waals surface area contributed by atoms with E-state index in [0.717, 1.165) is 46.4 Å². The van der Waals surface area contributed by atoms with Crippen LogP contribution in [0.15, 0.2) is 59.8 Å². The molecule has 2 fully saturated rings. The summed E-state index contributed by atoms with van der Waals surface area (Å²) < 4.78 is 34.5. The average molecular weight is 477 g/mol. The summed E-state index contributed by atoms with van der Waals surface area (Å²) in [6, 6.07) is 13.3. The molecule has 0 N–H and O–H groups in total. The minimum Gasteiger partial charge on any atom is -0.349 e. The predicted molar refractivity (Wildman–Crippen MR) is 130 cm³/mol. The Morgan fingerprint density at radius 2 is 1.82 bits per heavy atom. The summed E-state index contributed by atoms with van der Waals surface area (Å²) in [4.78, 5) is 5.11. The highest BCUT2D eigenvalue weighted by Gasteiger charge is 2.36. The molecule has 0 radical (unpaired) electrons. The molecule has 4 aromatic rings. The molecule has 2 aliphatic rings. The summed E-state index contributed by atoms with van der Waals surface area (Å²) in [6.45, 7) is 2.14. The lowest BCUT2D eigenvalue weighted by molar-refractivity contribution is 0.120. The van der Waals surface area contributed by atoms with Crippen molar-refractivity contribution < 1.29 is 12.6 Å². The number of benzene rings is 1. The fourth-order valence-corrected chi connectivity index (χ4v) is 5.74. The van der Waals surface area contributed by atoms with E-state index < -0.39 is 10.1 Å². The van der Waals surface area contributed by atoms with Crippen LogP contribution in [0.25, 0.3) is 22.3 Å². The summed E-state index contributed by atoms with van der Waals surface area (Å²) in [5.74, 6) is 0.726. The number of aromatic nitrogens is 4. The van der Waals surface area contributed by atoms with Gasteiger partial charge >= 0.3 is 0 Å². The standard InChI is InChI=1S/C26H28N4O3S/c1-17-3-7-21(8-4-17)34(31,32)33-16-18-13-20(14-18)30-15-22(26(28-30)19-5-6-19)23-9-10-25-24(27-23)11-12-29(25)2/h3-4,7-12,15,18-20H,5-6,13-14,16H2,1-2H3/t18-,20-. The van der Waals surface area contributed by atoms with E-state index in [0.29, 0.717) is 5.92 Å². The number of fused-ring (bicyclic) bond motifs is 1. The number of hydrogen-bond acceptors (Lipinski definition) is 5. The van der Waals surface area contributed by atoms with Gasteiger partial charge in [-0.1, -0.05) is 17.7 Å². The van der Waals surface area contributed by atoms with Crippen molar-refractivity contribution in [1.29, 1.82) is 0 Å². The third kappa shape index (κ3) is 3.95. The molecule has 0 spiro atoms. The Bertz CT molecular complexity index is 1460. The molecule has 0 unspecified atom stereocenters. The largest absolute Gasteiger partial charge is 0.349 e. The normalized spacial score (nSPS) is 20.5. The average Bonchev–Trinajstić information content (AvgIpc) is 3.45. The highest BCUT2D eigenvalue weighted by molar-refractivity contribution is 7.86. The van der Waals surface area contributed by atoms with Gasteiger partial charge in [-0.15, -0.1) is 0 Å². The molecular formula is C26H28N4O3S. The fourth-order valence-electron chi connectivity index (χ4n) is 4.76. The molecule has 3 aromatic heterocycles. The van der Waals surface area contributed by atoms with Gasteiger partial charge in [0.25, 0.3) is 10.1 Å². The lowest BCUT2D eigenvalue weighted by Gasteiger charge is -2.34. The summed E-state index contributed by atoms with van der Waals surface area (Å²) in [6.07, 6.45) is 8.24. The topological polar surface area (TPSA) is 79.0 Å². The molecular weight excluding hydrogens is 448 g/mol. The monoisotopic (exact) mass is 476 g/mol. The number of nitrogens with zero attached hydrogens (tertiary/aromatic N) is 4. The first-order valence-corrected chi connectivity index (χ1v) is 13.3. The third-order valence-electron chi connectivity index (χ3n) is 7.09. The third-order valence-corrected chi connectivity index (χ3v) is 8.39. The van der Waals surface area contributed by atoms with E-state index in [-0.39, 0.29) is 23.5 Å². The van der Waals surface area contributed by atoms with E-state index in [2.05, 4.69) is 27.6 Å². The van der Waals surface area contributed by atoms with E-state index >= 15 is 0 Å². The number of rotatable bonds is 7. The molecule has 0 bridgehead atoms. The van der Waals surface area contributed by atoms with Gasteiger partial charge < -0.3 is 4.57 Å². The van der Waals surface area contributed by atoms with Gasteiger partial charge in [0.15, 0.2) is 0 Å². The van der Waals surface area contributed by atoms with Gasteiger partial charge in [0.2, 0.25) is 0 Å². The van der Waals surface area contributed by atoms with Crippen LogP contribution in [0.5, 0.6) is 0 Å². The Morgan fingerprint density at radius 1 is 1.06 bits per heavy atom. The second kappa shape index (κ2) is 8.06. The maximum absolute atomic E-state index is 12.5. The summed E-state index contributed by atoms with van der Waals surface area (Å²) in [7, 11) is -1.69.